The molecule has 0 aliphatic carbocycles. The zero-order chi connectivity index (χ0) is 14.8. The molecule has 5 heteroatoms. The first-order chi connectivity index (χ1) is 10.2. The maximum absolute atomic E-state index is 13.2. The Labute approximate surface area is 119 Å². The number of fused-ring (bicyclic) bond motifs is 1. The van der Waals surface area contributed by atoms with Crippen molar-refractivity contribution in [2.45, 2.75) is 0 Å². The number of para-hydroxylation sites is 1. The lowest BCUT2D eigenvalue weighted by atomic mass is 10.1. The number of nitriles is 1. The molecule has 3 nitrogen and oxygen atoms in total. The molecule has 0 unspecified atom stereocenters. The molecular formula is C16H8F2N2O. The Morgan fingerprint density at radius 1 is 1.00 bits per heavy atom. The lowest BCUT2D eigenvalue weighted by Crippen LogP contribution is -1.94. The van der Waals surface area contributed by atoms with Gasteiger partial charge in [0.15, 0.2) is 0 Å². The van der Waals surface area contributed by atoms with Gasteiger partial charge in [-0.3, -0.25) is 0 Å². The first-order valence-corrected chi connectivity index (χ1v) is 6.09. The van der Waals surface area contributed by atoms with Crippen LogP contribution in [0.15, 0.2) is 48.5 Å². The molecule has 0 fully saturated rings. The molecule has 0 bridgehead atoms. The largest absolute Gasteiger partial charge is 0.437 e. The van der Waals surface area contributed by atoms with Crippen molar-refractivity contribution >= 4 is 10.9 Å². The SMILES string of the molecule is N#Cc1cc2ccccc2nc1Oc1cc(F)cc(F)c1. The van der Waals surface area contributed by atoms with Crippen molar-refractivity contribution < 1.29 is 13.5 Å². The van der Waals surface area contributed by atoms with Crippen LogP contribution in [0, 0.1) is 23.0 Å². The molecule has 0 radical (unpaired) electrons. The maximum atomic E-state index is 13.2. The van der Waals surface area contributed by atoms with Crippen LogP contribution in [0.1, 0.15) is 5.56 Å². The number of pyridine rings is 1. The standard InChI is InChI=1S/C16H8F2N2O/c17-12-6-13(18)8-14(7-12)21-16-11(9-19)5-10-3-1-2-4-15(10)20-16/h1-8H. The Morgan fingerprint density at radius 2 is 1.71 bits per heavy atom. The minimum atomic E-state index is -0.760. The molecule has 0 saturated heterocycles. The highest BCUT2D eigenvalue weighted by Gasteiger charge is 2.10. The maximum Gasteiger partial charge on any atom is 0.237 e. The molecule has 102 valence electrons. The van der Waals surface area contributed by atoms with E-state index in [9.17, 15) is 8.78 Å². The molecule has 0 saturated carbocycles. The number of nitrogens with zero attached hydrogens (tertiary/aromatic N) is 2. The van der Waals surface area contributed by atoms with Crippen LogP contribution in [0.5, 0.6) is 11.6 Å². The minimum Gasteiger partial charge on any atom is -0.437 e. The van der Waals surface area contributed by atoms with Crippen molar-refractivity contribution in [2.24, 2.45) is 0 Å². The van der Waals surface area contributed by atoms with E-state index in [1.54, 1.807) is 18.2 Å². The summed E-state index contributed by atoms with van der Waals surface area (Å²) < 4.78 is 31.7. The number of hydrogen-bond acceptors (Lipinski definition) is 3. The monoisotopic (exact) mass is 282 g/mol. The van der Waals surface area contributed by atoms with Crippen molar-refractivity contribution in [2.75, 3.05) is 0 Å². The lowest BCUT2D eigenvalue weighted by Gasteiger charge is -2.08. The van der Waals surface area contributed by atoms with E-state index < -0.39 is 11.6 Å². The van der Waals surface area contributed by atoms with Gasteiger partial charge in [-0.15, -0.1) is 0 Å². The van der Waals surface area contributed by atoms with Gasteiger partial charge in [0.05, 0.1) is 5.52 Å². The average Bonchev–Trinajstić information content (AvgIpc) is 2.45. The second-order valence-corrected chi connectivity index (χ2v) is 4.35. The first kappa shape index (κ1) is 13.0. The normalized spacial score (nSPS) is 10.3. The average molecular weight is 282 g/mol. The van der Waals surface area contributed by atoms with Crippen molar-refractivity contribution in [3.63, 3.8) is 0 Å². The fraction of sp³-hybridized carbons (Fsp3) is 0. The first-order valence-electron chi connectivity index (χ1n) is 6.09. The number of benzene rings is 2. The minimum absolute atomic E-state index is 0.0150. The molecule has 2 aromatic carbocycles. The predicted molar refractivity (Wildman–Crippen MR) is 72.9 cm³/mol. The van der Waals surface area contributed by atoms with Crippen LogP contribution in [-0.4, -0.2) is 4.98 Å². The molecule has 0 amide bonds. The highest BCUT2D eigenvalue weighted by Crippen LogP contribution is 2.27. The zero-order valence-electron chi connectivity index (χ0n) is 10.7. The van der Waals surface area contributed by atoms with Crippen LogP contribution in [0.4, 0.5) is 8.78 Å². The molecule has 1 heterocycles. The third kappa shape index (κ3) is 2.65. The second-order valence-electron chi connectivity index (χ2n) is 4.35. The number of hydrogen-bond donors (Lipinski definition) is 0. The summed E-state index contributed by atoms with van der Waals surface area (Å²) in [6.07, 6.45) is 0. The van der Waals surface area contributed by atoms with E-state index in [2.05, 4.69) is 4.98 Å². The van der Waals surface area contributed by atoms with E-state index in [0.29, 0.717) is 5.52 Å². The molecule has 3 rings (SSSR count). The molecule has 1 aromatic heterocycles. The quantitative estimate of drug-likeness (QED) is 0.708. The Hall–Kier alpha value is -3.00. The molecule has 0 N–H and O–H groups in total. The van der Waals surface area contributed by atoms with Crippen LogP contribution < -0.4 is 4.74 Å². The van der Waals surface area contributed by atoms with Gasteiger partial charge in [-0.05, 0) is 12.1 Å². The molecular weight excluding hydrogens is 274 g/mol. The summed E-state index contributed by atoms with van der Waals surface area (Å²) in [5, 5.41) is 9.93. The fourth-order valence-corrected chi connectivity index (χ4v) is 1.96. The predicted octanol–water partition coefficient (Wildman–Crippen LogP) is 4.18. The van der Waals surface area contributed by atoms with Crippen LogP contribution in [0.25, 0.3) is 10.9 Å². The van der Waals surface area contributed by atoms with Crippen molar-refractivity contribution in [1.29, 1.82) is 5.26 Å². The van der Waals surface area contributed by atoms with E-state index in [0.717, 1.165) is 23.6 Å². The van der Waals surface area contributed by atoms with Gasteiger partial charge in [0, 0.05) is 23.6 Å². The Kier molecular flexibility index (Phi) is 3.20. The van der Waals surface area contributed by atoms with Crippen LogP contribution in [0.2, 0.25) is 0 Å². The van der Waals surface area contributed by atoms with Gasteiger partial charge >= 0.3 is 0 Å². The lowest BCUT2D eigenvalue weighted by molar-refractivity contribution is 0.452. The van der Waals surface area contributed by atoms with Gasteiger partial charge < -0.3 is 4.74 Å². The van der Waals surface area contributed by atoms with E-state index in [-0.39, 0.29) is 17.2 Å². The number of aromatic nitrogens is 1. The van der Waals surface area contributed by atoms with Crippen LogP contribution in [-0.2, 0) is 0 Å². The van der Waals surface area contributed by atoms with Crippen molar-refractivity contribution in [3.8, 4) is 17.7 Å². The molecule has 0 spiro atoms. The van der Waals surface area contributed by atoms with E-state index in [1.165, 1.54) is 0 Å². The summed E-state index contributed by atoms with van der Waals surface area (Å²) >= 11 is 0. The van der Waals surface area contributed by atoms with Gasteiger partial charge in [0.1, 0.15) is 29.0 Å². The molecule has 3 aromatic rings. The third-order valence-corrected chi connectivity index (χ3v) is 2.86. The van der Waals surface area contributed by atoms with Crippen molar-refractivity contribution in [3.05, 3.63) is 65.7 Å². The zero-order valence-corrected chi connectivity index (χ0v) is 10.7. The summed E-state index contributed by atoms with van der Waals surface area (Å²) in [5.74, 6) is -1.55. The Bertz CT molecular complexity index is 852. The number of ether oxygens (including phenoxy) is 1. The Morgan fingerprint density at radius 3 is 2.43 bits per heavy atom. The summed E-state index contributed by atoms with van der Waals surface area (Å²) in [5.41, 5.74) is 0.821. The van der Waals surface area contributed by atoms with Gasteiger partial charge in [-0.2, -0.15) is 5.26 Å². The van der Waals surface area contributed by atoms with Gasteiger partial charge in [-0.1, -0.05) is 18.2 Å². The molecule has 21 heavy (non-hydrogen) atoms. The summed E-state index contributed by atoms with van der Waals surface area (Å²) in [7, 11) is 0. The van der Waals surface area contributed by atoms with Gasteiger partial charge in [0.2, 0.25) is 5.88 Å². The van der Waals surface area contributed by atoms with E-state index >= 15 is 0 Å². The van der Waals surface area contributed by atoms with Crippen molar-refractivity contribution in [1.82, 2.24) is 4.98 Å². The molecule has 0 atom stereocenters. The smallest absolute Gasteiger partial charge is 0.237 e. The highest BCUT2D eigenvalue weighted by atomic mass is 19.1. The van der Waals surface area contributed by atoms with E-state index in [1.807, 2.05) is 18.2 Å². The third-order valence-electron chi connectivity index (χ3n) is 2.86. The fourth-order valence-electron chi connectivity index (χ4n) is 1.96. The van der Waals surface area contributed by atoms with Gasteiger partial charge in [-0.25, -0.2) is 13.8 Å². The topological polar surface area (TPSA) is 45.9 Å². The number of rotatable bonds is 2. The summed E-state index contributed by atoms with van der Waals surface area (Å²) in [6.45, 7) is 0. The van der Waals surface area contributed by atoms with Crippen LogP contribution in [0.3, 0.4) is 0 Å². The highest BCUT2D eigenvalue weighted by molar-refractivity contribution is 5.80. The number of halogens is 2. The van der Waals surface area contributed by atoms with E-state index in [4.69, 9.17) is 10.00 Å². The molecule has 0 aliphatic heterocycles. The Balaban J connectivity index is 2.09. The summed E-state index contributed by atoms with van der Waals surface area (Å²) in [6, 6.07) is 13.6. The van der Waals surface area contributed by atoms with Crippen LogP contribution >= 0.6 is 0 Å². The second kappa shape index (κ2) is 5.17. The van der Waals surface area contributed by atoms with Gasteiger partial charge in [0.25, 0.3) is 0 Å². The molecule has 0 aliphatic rings. The summed E-state index contributed by atoms with van der Waals surface area (Å²) in [4.78, 5) is 4.21.